The summed E-state index contributed by atoms with van der Waals surface area (Å²) in [5, 5.41) is 0. The largest absolute Gasteiger partial charge is 0.460 e. The summed E-state index contributed by atoms with van der Waals surface area (Å²) < 4.78 is 1200. The second-order valence-electron chi connectivity index (χ2n) is 22.8. The lowest BCUT2D eigenvalue weighted by molar-refractivity contribution is -0.574. The van der Waals surface area contributed by atoms with Crippen molar-refractivity contribution in [1.29, 1.82) is 0 Å². The molecule has 0 N–H and O–H groups in total. The summed E-state index contributed by atoms with van der Waals surface area (Å²) in [6.45, 7) is 0. The Morgan fingerprint density at radius 3 is 0.187 bits per heavy atom. The average molecular weight is 2050 g/mol. The molecular formula is C40F82O. The average Bonchev–Trinajstić information content (AvgIpc) is 0.634. The molecule has 0 radical (unpaired) electrons. The molecule has 0 aliphatic heterocycles. The van der Waals surface area contributed by atoms with Crippen LogP contribution in [0.3, 0.4) is 0 Å². The summed E-state index contributed by atoms with van der Waals surface area (Å²) in [7, 11) is 0. The van der Waals surface area contributed by atoms with E-state index in [0.29, 0.717) is 0 Å². The third kappa shape index (κ3) is 12.9. The van der Waals surface area contributed by atoms with Crippen molar-refractivity contribution in [3.63, 3.8) is 0 Å². The van der Waals surface area contributed by atoms with Gasteiger partial charge in [0.25, 0.3) is 11.2 Å². The topological polar surface area (TPSA) is 9.23 Å². The molecule has 0 amide bonds. The summed E-state index contributed by atoms with van der Waals surface area (Å²) in [5.41, 5.74) is -31.0. The number of rotatable bonds is 34. The Morgan fingerprint density at radius 2 is 0.122 bits per heavy atom. The fourth-order valence-corrected chi connectivity index (χ4v) is 8.13. The molecular weight excluding hydrogens is 2050 g/mol. The van der Waals surface area contributed by atoms with Crippen molar-refractivity contribution in [2.45, 2.75) is 238 Å². The van der Waals surface area contributed by atoms with Crippen LogP contribution in [-0.4, -0.2) is 238 Å². The summed E-state index contributed by atoms with van der Waals surface area (Å²) in [4.78, 5) is 0. The highest BCUT2D eigenvalue weighted by molar-refractivity contribution is 5.36. The molecule has 0 fully saturated rings. The van der Waals surface area contributed by atoms with Gasteiger partial charge in [0, 0.05) is 0 Å². The van der Waals surface area contributed by atoms with Gasteiger partial charge >= 0.3 is 227 Å². The number of halogens is 82. The van der Waals surface area contributed by atoms with Gasteiger partial charge in [-0.25, -0.2) is 0 Å². The normalized spacial score (nSPS) is 18.5. The second-order valence-corrected chi connectivity index (χ2v) is 22.8. The molecule has 123 heavy (non-hydrogen) atoms. The van der Waals surface area contributed by atoms with E-state index in [1.807, 2.05) is 0 Å². The van der Waals surface area contributed by atoms with Crippen LogP contribution in [0.25, 0.3) is 0 Å². The van der Waals surface area contributed by atoms with Crippen LogP contribution in [0, 0.1) is 0 Å². The first kappa shape index (κ1) is 117. The van der Waals surface area contributed by atoms with E-state index < -0.39 is 243 Å². The standard InChI is InChI=1S/C40F82O/c41-3(42,9(53,54)13(61,62)17(69,70)21(77,78)25(85,86)29(93,94)33(101,102)39(117,118)119)1(7(49,50)35(105,106)107,5(45,46)11(57,58)15(65,66)19(73,74)23(81,82)27(89,90)31(97,98)37(111,112)113)123-2(8(51,52)36(108,109)110,6(47,48)12(59,60)16(67,68)20(75,76)24(83,84)28(91,92)32(99,100)38(114,115)116)4(43,44)10(55,56)14(63,64)18(71,72)22(79,80)26(87,88)30(95,96)34(103,104)40(120,121)122. The second kappa shape index (κ2) is 27.9. The summed E-state index contributed by atoms with van der Waals surface area (Å²) in [6, 6.07) is 0. The van der Waals surface area contributed by atoms with Gasteiger partial charge in [-0.05, 0) is 0 Å². The van der Waals surface area contributed by atoms with E-state index >= 15 is 140 Å². The molecule has 0 aromatic rings. The van der Waals surface area contributed by atoms with E-state index in [1.165, 1.54) is 0 Å². The number of alkyl halides is 82. The van der Waals surface area contributed by atoms with Gasteiger partial charge in [-0.3, -0.25) is 0 Å². The first-order valence-electron chi connectivity index (χ1n) is 25.4. The highest BCUT2D eigenvalue weighted by atomic mass is 19.5. The van der Waals surface area contributed by atoms with Crippen molar-refractivity contribution in [3.05, 3.63) is 0 Å². The molecule has 0 heterocycles. The molecule has 0 bridgehead atoms. The molecule has 83 heteroatoms. The molecule has 0 aromatic heterocycles. The van der Waals surface area contributed by atoms with Crippen molar-refractivity contribution >= 4 is 0 Å². The molecule has 1 nitrogen and oxygen atoms in total. The van der Waals surface area contributed by atoms with E-state index in [4.69, 9.17) is 0 Å². The van der Waals surface area contributed by atoms with E-state index in [-0.39, 0.29) is 0 Å². The summed E-state index contributed by atoms with van der Waals surface area (Å²) in [5.74, 6) is -399. The lowest BCUT2D eigenvalue weighted by Crippen LogP contribution is -2.93. The van der Waals surface area contributed by atoms with Crippen LogP contribution in [0.4, 0.5) is 360 Å². The Balaban J connectivity index is 13.5. The zero-order chi connectivity index (χ0) is 103. The molecule has 0 spiro atoms. The molecule has 2 atom stereocenters. The van der Waals surface area contributed by atoms with Gasteiger partial charge < -0.3 is 4.74 Å². The van der Waals surface area contributed by atoms with E-state index in [9.17, 15) is 220 Å². The Hall–Kier alpha value is -5.78. The third-order valence-corrected chi connectivity index (χ3v) is 15.3. The predicted molar refractivity (Wildman–Crippen MR) is 201 cm³/mol. The monoisotopic (exact) mass is 2050 g/mol. The SMILES string of the molecule is FC(F)(F)C(F)(F)C(F)(F)C(F)(F)C(F)(F)C(F)(F)C(F)(F)C(F)(F)C(F)(F)C(OC(C(F)(F)C(F)(F)F)(C(F)(F)C(F)(F)C(F)(F)C(F)(F)C(F)(F)C(F)(F)C(F)(F)C(F)(F)F)C(F)(F)C(F)(F)C(F)(F)C(F)(F)C(F)(F)C(F)(F)C(F)(F)C(F)(F)C(F)(F)F)(C(F)(F)C(F)(F)F)C(F)(F)C(F)(F)C(F)(F)C(F)(F)C(F)(F)C(F)(F)C(F)(F)C(F)(F)F. The van der Waals surface area contributed by atoms with Crippen molar-refractivity contribution in [2.24, 2.45) is 0 Å². The maximum atomic E-state index is 16.8. The van der Waals surface area contributed by atoms with Gasteiger partial charge in [0.1, 0.15) is 0 Å². The zero-order valence-electron chi connectivity index (χ0n) is 51.4. The van der Waals surface area contributed by atoms with Crippen molar-refractivity contribution in [1.82, 2.24) is 0 Å². The smallest absolute Gasteiger partial charge is 0.332 e. The Morgan fingerprint density at radius 1 is 0.0650 bits per heavy atom. The fourth-order valence-electron chi connectivity index (χ4n) is 8.13. The van der Waals surface area contributed by atoms with E-state index in [1.54, 1.807) is 0 Å². The lowest BCUT2D eigenvalue weighted by Gasteiger charge is -2.60. The highest BCUT2D eigenvalue weighted by Crippen LogP contribution is 2.81. The maximum Gasteiger partial charge on any atom is 0.460 e. The number of hydrogen-bond acceptors (Lipinski definition) is 1. The van der Waals surface area contributed by atoms with Crippen LogP contribution < -0.4 is 0 Å². The number of ether oxygens (including phenoxy) is 1. The Kier molecular flexibility index (Phi) is 26.6. The van der Waals surface area contributed by atoms with Crippen molar-refractivity contribution in [2.75, 3.05) is 0 Å². The van der Waals surface area contributed by atoms with Gasteiger partial charge in [0.05, 0.1) is 0 Å². The van der Waals surface area contributed by atoms with Crippen molar-refractivity contribution < 1.29 is 365 Å². The molecule has 740 valence electrons. The molecule has 0 aliphatic carbocycles. The van der Waals surface area contributed by atoms with Crippen LogP contribution in [0.2, 0.25) is 0 Å². The first-order valence-corrected chi connectivity index (χ1v) is 25.4. The predicted octanol–water partition coefficient (Wildman–Crippen LogP) is 26.2. The van der Waals surface area contributed by atoms with Gasteiger partial charge in [0.15, 0.2) is 0 Å². The van der Waals surface area contributed by atoms with Crippen LogP contribution in [-0.2, 0) is 4.74 Å². The molecule has 0 aromatic carbocycles. The summed E-state index contributed by atoms with van der Waals surface area (Å²) >= 11 is 0. The molecule has 0 aliphatic rings. The van der Waals surface area contributed by atoms with Gasteiger partial charge in [-0.15, -0.1) is 0 Å². The first-order chi connectivity index (χ1) is 51.2. The molecule has 2 unspecified atom stereocenters. The quantitative estimate of drug-likeness (QED) is 0.0584. The van der Waals surface area contributed by atoms with E-state index in [2.05, 4.69) is 0 Å². The third-order valence-electron chi connectivity index (χ3n) is 15.3. The van der Waals surface area contributed by atoms with Gasteiger partial charge in [-0.2, -0.15) is 360 Å². The minimum atomic E-state index is -15.5. The summed E-state index contributed by atoms with van der Waals surface area (Å²) in [6.07, 6.45) is -63.4. The highest BCUT2D eigenvalue weighted by Gasteiger charge is 3.13. The maximum absolute atomic E-state index is 16.8. The lowest BCUT2D eigenvalue weighted by atomic mass is 9.67. The minimum absolute atomic E-state index is 1.41. The molecule has 0 rings (SSSR count). The van der Waals surface area contributed by atoms with Crippen LogP contribution in [0.15, 0.2) is 0 Å². The van der Waals surface area contributed by atoms with Crippen LogP contribution in [0.1, 0.15) is 0 Å². The zero-order valence-corrected chi connectivity index (χ0v) is 51.4. The fraction of sp³-hybridized carbons (Fsp3) is 1.00. The van der Waals surface area contributed by atoms with Gasteiger partial charge in [-0.1, -0.05) is 0 Å². The minimum Gasteiger partial charge on any atom is -0.332 e. The molecule has 0 saturated heterocycles. The van der Waals surface area contributed by atoms with Crippen LogP contribution in [0.5, 0.6) is 0 Å². The Labute approximate surface area is 604 Å². The molecule has 0 saturated carbocycles. The van der Waals surface area contributed by atoms with E-state index in [0.717, 1.165) is 0 Å². The van der Waals surface area contributed by atoms with Crippen molar-refractivity contribution in [3.8, 4) is 0 Å². The van der Waals surface area contributed by atoms with Gasteiger partial charge in [0.2, 0.25) is 0 Å². The number of hydrogen-bond donors (Lipinski definition) is 0. The Bertz CT molecular complexity index is 3510. The van der Waals surface area contributed by atoms with Crippen LogP contribution >= 0.6 is 0 Å².